The van der Waals surface area contributed by atoms with E-state index >= 15 is 0 Å². The van der Waals surface area contributed by atoms with Crippen LogP contribution in [-0.2, 0) is 6.54 Å². The topological polar surface area (TPSA) is 52.3 Å². The Kier molecular flexibility index (Phi) is 4.86. The summed E-state index contributed by atoms with van der Waals surface area (Å²) in [5.74, 6) is 1.41. The molecule has 0 N–H and O–H groups in total. The van der Waals surface area contributed by atoms with Gasteiger partial charge in [0.1, 0.15) is 0 Å². The number of ketones is 1. The number of benzene rings is 1. The van der Waals surface area contributed by atoms with E-state index in [1.54, 1.807) is 25.1 Å². The third-order valence-corrected chi connectivity index (χ3v) is 4.48. The molecule has 2 aromatic heterocycles. The predicted octanol–water partition coefficient (Wildman–Crippen LogP) is 3.00. The van der Waals surface area contributed by atoms with Crippen molar-refractivity contribution in [3.05, 3.63) is 59.2 Å². The zero-order valence-corrected chi connectivity index (χ0v) is 14.2. The van der Waals surface area contributed by atoms with Crippen molar-refractivity contribution in [3.63, 3.8) is 0 Å². The molecular formula is C18H17N2O3S+. The molecule has 0 aliphatic rings. The summed E-state index contributed by atoms with van der Waals surface area (Å²) in [7, 11) is 3.20. The Balaban J connectivity index is 1.78. The number of hydrogen-bond acceptors (Lipinski definition) is 5. The van der Waals surface area contributed by atoms with Crippen LogP contribution in [0.1, 0.15) is 9.67 Å². The lowest BCUT2D eigenvalue weighted by molar-refractivity contribution is -0.686. The highest BCUT2D eigenvalue weighted by molar-refractivity contribution is 7.12. The first-order valence-electron chi connectivity index (χ1n) is 7.35. The number of carbonyl (C=O) groups is 1. The zero-order chi connectivity index (χ0) is 16.9. The summed E-state index contributed by atoms with van der Waals surface area (Å²) in [6.07, 6.45) is 3.52. The first kappa shape index (κ1) is 16.1. The Bertz CT molecular complexity index is 830. The highest BCUT2D eigenvalue weighted by Crippen LogP contribution is 2.31. The fraction of sp³-hybridized carbons (Fsp3) is 0.167. The summed E-state index contributed by atoms with van der Waals surface area (Å²) >= 11 is 1.45. The van der Waals surface area contributed by atoms with Gasteiger partial charge in [0, 0.05) is 11.6 Å². The van der Waals surface area contributed by atoms with Gasteiger partial charge in [-0.15, -0.1) is 11.3 Å². The summed E-state index contributed by atoms with van der Waals surface area (Å²) in [5, 5.41) is 1.90. The molecule has 122 valence electrons. The average molecular weight is 341 g/mol. The second-order valence-corrected chi connectivity index (χ2v) is 6.04. The minimum Gasteiger partial charge on any atom is -0.493 e. The van der Waals surface area contributed by atoms with Gasteiger partial charge >= 0.3 is 0 Å². The molecule has 0 unspecified atom stereocenters. The number of nitrogens with zero attached hydrogens (tertiary/aromatic N) is 2. The summed E-state index contributed by atoms with van der Waals surface area (Å²) in [4.78, 5) is 17.3. The fourth-order valence-electron chi connectivity index (χ4n) is 2.33. The van der Waals surface area contributed by atoms with Crippen molar-refractivity contribution >= 4 is 17.1 Å². The average Bonchev–Trinajstić information content (AvgIpc) is 3.16. The number of aromatic nitrogens is 2. The van der Waals surface area contributed by atoms with Crippen LogP contribution in [0.5, 0.6) is 11.5 Å². The van der Waals surface area contributed by atoms with Crippen LogP contribution >= 0.6 is 11.3 Å². The smallest absolute Gasteiger partial charge is 0.287 e. The maximum Gasteiger partial charge on any atom is 0.287 e. The van der Waals surface area contributed by atoms with E-state index in [2.05, 4.69) is 4.98 Å². The minimum absolute atomic E-state index is 0.0793. The van der Waals surface area contributed by atoms with Crippen LogP contribution in [0.25, 0.3) is 11.3 Å². The predicted molar refractivity (Wildman–Crippen MR) is 91.6 cm³/mol. The van der Waals surface area contributed by atoms with Gasteiger partial charge in [0.25, 0.3) is 6.33 Å². The van der Waals surface area contributed by atoms with Crippen molar-refractivity contribution in [3.8, 4) is 22.8 Å². The molecule has 0 atom stereocenters. The highest BCUT2D eigenvalue weighted by atomic mass is 32.1. The zero-order valence-electron chi connectivity index (χ0n) is 13.4. The molecule has 0 saturated heterocycles. The normalized spacial score (nSPS) is 10.4. The standard InChI is InChI=1S/C18H17N2O3S/c1-22-16-6-5-13(10-17(16)23-2)14-7-8-20(12-19-14)11-15(21)18-4-3-9-24-18/h3-10,12H,11H2,1-2H3/q+1. The van der Waals surface area contributed by atoms with Gasteiger partial charge in [-0.05, 0) is 34.6 Å². The number of thiophene rings is 1. The summed E-state index contributed by atoms with van der Waals surface area (Å²) in [5.41, 5.74) is 1.72. The van der Waals surface area contributed by atoms with Crippen LogP contribution in [0.2, 0.25) is 0 Å². The second-order valence-electron chi connectivity index (χ2n) is 5.09. The molecule has 0 spiro atoms. The van der Waals surface area contributed by atoms with Crippen LogP contribution in [0.4, 0.5) is 0 Å². The first-order chi connectivity index (χ1) is 11.7. The molecule has 0 aliphatic heterocycles. The Morgan fingerprint density at radius 1 is 1.17 bits per heavy atom. The van der Waals surface area contributed by atoms with Gasteiger partial charge in [-0.2, -0.15) is 0 Å². The second kappa shape index (κ2) is 7.23. The Morgan fingerprint density at radius 3 is 2.62 bits per heavy atom. The quantitative estimate of drug-likeness (QED) is 0.511. The van der Waals surface area contributed by atoms with E-state index in [1.807, 2.05) is 48.0 Å². The van der Waals surface area contributed by atoms with E-state index in [-0.39, 0.29) is 12.3 Å². The Hall–Kier alpha value is -2.73. The van der Waals surface area contributed by atoms with Gasteiger partial charge in [-0.3, -0.25) is 4.79 Å². The van der Waals surface area contributed by atoms with Crippen molar-refractivity contribution in [1.82, 2.24) is 4.98 Å². The van der Waals surface area contributed by atoms with Crippen LogP contribution < -0.4 is 14.0 Å². The van der Waals surface area contributed by atoms with Gasteiger partial charge in [0.2, 0.25) is 5.78 Å². The van der Waals surface area contributed by atoms with E-state index in [0.29, 0.717) is 11.5 Å². The Labute approximate surface area is 144 Å². The molecule has 1 aromatic carbocycles. The number of methoxy groups -OCH3 is 2. The molecule has 3 aromatic rings. The van der Waals surface area contributed by atoms with E-state index in [4.69, 9.17) is 9.47 Å². The van der Waals surface area contributed by atoms with E-state index < -0.39 is 0 Å². The van der Waals surface area contributed by atoms with Crippen LogP contribution in [-0.4, -0.2) is 25.0 Å². The molecule has 3 rings (SSSR count). The van der Waals surface area contributed by atoms with Crippen molar-refractivity contribution in [2.45, 2.75) is 6.54 Å². The van der Waals surface area contributed by atoms with Crippen molar-refractivity contribution in [2.24, 2.45) is 0 Å². The third kappa shape index (κ3) is 3.44. The van der Waals surface area contributed by atoms with Gasteiger partial charge in [-0.25, -0.2) is 4.57 Å². The molecule has 0 bridgehead atoms. The lowest BCUT2D eigenvalue weighted by Crippen LogP contribution is -2.37. The van der Waals surface area contributed by atoms with Crippen LogP contribution in [0, 0.1) is 0 Å². The maximum atomic E-state index is 12.1. The lowest BCUT2D eigenvalue weighted by atomic mass is 10.1. The van der Waals surface area contributed by atoms with E-state index in [1.165, 1.54) is 11.3 Å². The summed E-state index contributed by atoms with van der Waals surface area (Å²) < 4.78 is 12.3. The number of Topliss-reactive ketones (excluding diaryl/α,β-unsaturated/α-hetero) is 1. The van der Waals surface area contributed by atoms with Crippen molar-refractivity contribution < 1.29 is 18.8 Å². The molecule has 0 saturated carbocycles. The number of hydrogen-bond donors (Lipinski definition) is 0. The SMILES string of the molecule is COc1ccc(-c2cc[n+](CC(=O)c3cccs3)cn2)cc1OC. The largest absolute Gasteiger partial charge is 0.493 e. The third-order valence-electron chi connectivity index (χ3n) is 3.57. The first-order valence-corrected chi connectivity index (χ1v) is 8.23. The van der Waals surface area contributed by atoms with Crippen molar-refractivity contribution in [1.29, 1.82) is 0 Å². The summed E-state index contributed by atoms with van der Waals surface area (Å²) in [6.45, 7) is 0.278. The number of rotatable bonds is 6. The van der Waals surface area contributed by atoms with E-state index in [0.717, 1.165) is 16.1 Å². The molecule has 24 heavy (non-hydrogen) atoms. The molecule has 0 amide bonds. The molecule has 2 heterocycles. The van der Waals surface area contributed by atoms with Gasteiger partial charge in [0.05, 0.1) is 25.3 Å². The summed E-state index contributed by atoms with van der Waals surface area (Å²) in [6, 6.07) is 11.2. The monoisotopic (exact) mass is 341 g/mol. The molecule has 0 aliphatic carbocycles. The molecule has 0 fully saturated rings. The van der Waals surface area contributed by atoms with Gasteiger partial charge in [0.15, 0.2) is 23.7 Å². The molecular weight excluding hydrogens is 324 g/mol. The van der Waals surface area contributed by atoms with Crippen LogP contribution in [0.3, 0.4) is 0 Å². The lowest BCUT2D eigenvalue weighted by Gasteiger charge is -2.08. The molecule has 5 nitrogen and oxygen atoms in total. The molecule has 0 radical (unpaired) electrons. The van der Waals surface area contributed by atoms with Crippen molar-refractivity contribution in [2.75, 3.05) is 14.2 Å². The molecule has 6 heteroatoms. The number of carbonyl (C=O) groups excluding carboxylic acids is 1. The maximum absolute atomic E-state index is 12.1. The van der Waals surface area contributed by atoms with Crippen LogP contribution in [0.15, 0.2) is 54.3 Å². The highest BCUT2D eigenvalue weighted by Gasteiger charge is 2.14. The number of ether oxygens (including phenoxy) is 2. The Morgan fingerprint density at radius 2 is 2.00 bits per heavy atom. The van der Waals surface area contributed by atoms with E-state index in [9.17, 15) is 4.79 Å². The minimum atomic E-state index is 0.0793. The van der Waals surface area contributed by atoms with Gasteiger partial charge in [-0.1, -0.05) is 6.07 Å². The fourth-order valence-corrected chi connectivity index (χ4v) is 2.98. The van der Waals surface area contributed by atoms with Gasteiger partial charge < -0.3 is 9.47 Å².